The monoisotopic (exact) mass is 320 g/mol. The molecule has 4 fully saturated rings. The van der Waals surface area contributed by atoms with Crippen LogP contribution in [-0.4, -0.2) is 23.1 Å². The van der Waals surface area contributed by atoms with E-state index >= 15 is 0 Å². The number of carbonyl (C=O) groups is 1. The summed E-state index contributed by atoms with van der Waals surface area (Å²) in [6, 6.07) is 0. The van der Waals surface area contributed by atoms with E-state index in [0.29, 0.717) is 17.2 Å². The average molecular weight is 320 g/mol. The van der Waals surface area contributed by atoms with Gasteiger partial charge < -0.3 is 10.1 Å². The van der Waals surface area contributed by atoms with Crippen molar-refractivity contribution in [3.63, 3.8) is 0 Å². The van der Waals surface area contributed by atoms with Gasteiger partial charge in [0, 0.05) is 17.5 Å². The molecule has 1 N–H and O–H groups in total. The zero-order chi connectivity index (χ0) is 15.2. The highest BCUT2D eigenvalue weighted by molar-refractivity contribution is 7.11. The highest BCUT2D eigenvalue weighted by atomic mass is 32.1. The standard InChI is InChI=1S/C17H24N2O2S/c1-2-21-16(20)15-19-14(10-22-15)9-18-17-6-11-3-12(7-17)5-13(4-11)8-17/h10-13,18H,2-9H2,1H3. The van der Waals surface area contributed by atoms with E-state index in [0.717, 1.165) is 30.0 Å². The smallest absolute Gasteiger partial charge is 0.367 e. The van der Waals surface area contributed by atoms with E-state index in [-0.39, 0.29) is 5.97 Å². The lowest BCUT2D eigenvalue weighted by Crippen LogP contribution is -2.58. The second-order valence-corrected chi connectivity index (χ2v) is 8.27. The first kappa shape index (κ1) is 14.6. The fourth-order valence-electron chi connectivity index (χ4n) is 5.28. The van der Waals surface area contributed by atoms with E-state index in [9.17, 15) is 4.79 Å². The van der Waals surface area contributed by atoms with Crippen molar-refractivity contribution in [2.24, 2.45) is 17.8 Å². The molecule has 0 aliphatic heterocycles. The molecule has 22 heavy (non-hydrogen) atoms. The minimum absolute atomic E-state index is 0.298. The fourth-order valence-corrected chi connectivity index (χ4v) is 5.99. The fraction of sp³-hybridized carbons (Fsp3) is 0.765. The Morgan fingerprint density at radius 1 is 1.32 bits per heavy atom. The molecule has 1 aromatic rings. The normalized spacial score (nSPS) is 35.8. The molecule has 0 unspecified atom stereocenters. The maximum Gasteiger partial charge on any atom is 0.367 e. The Morgan fingerprint density at radius 3 is 2.55 bits per heavy atom. The Labute approximate surface area is 135 Å². The van der Waals surface area contributed by atoms with Crippen molar-refractivity contribution >= 4 is 17.3 Å². The number of ether oxygens (including phenoxy) is 1. The summed E-state index contributed by atoms with van der Waals surface area (Å²) in [7, 11) is 0. The molecule has 0 spiro atoms. The summed E-state index contributed by atoms with van der Waals surface area (Å²) >= 11 is 1.39. The molecule has 4 bridgehead atoms. The summed E-state index contributed by atoms with van der Waals surface area (Å²) in [5, 5.41) is 6.28. The van der Waals surface area contributed by atoms with Gasteiger partial charge in [-0.25, -0.2) is 9.78 Å². The molecule has 0 atom stereocenters. The number of thiazole rings is 1. The molecule has 5 heteroatoms. The van der Waals surface area contributed by atoms with Crippen molar-refractivity contribution in [3.8, 4) is 0 Å². The second-order valence-electron chi connectivity index (χ2n) is 7.42. The zero-order valence-corrected chi connectivity index (χ0v) is 14.0. The molecule has 0 amide bonds. The van der Waals surface area contributed by atoms with Crippen molar-refractivity contribution in [1.82, 2.24) is 10.3 Å². The van der Waals surface area contributed by atoms with Gasteiger partial charge in [-0.05, 0) is 63.2 Å². The summed E-state index contributed by atoms with van der Waals surface area (Å²) in [5.41, 5.74) is 1.33. The molecule has 0 aromatic carbocycles. The summed E-state index contributed by atoms with van der Waals surface area (Å²) in [6.45, 7) is 3.00. The van der Waals surface area contributed by atoms with E-state index in [1.165, 1.54) is 49.9 Å². The molecular formula is C17H24N2O2S. The van der Waals surface area contributed by atoms with Gasteiger partial charge in [-0.15, -0.1) is 11.3 Å². The quantitative estimate of drug-likeness (QED) is 0.845. The Hall–Kier alpha value is -0.940. The minimum Gasteiger partial charge on any atom is -0.461 e. The van der Waals surface area contributed by atoms with Gasteiger partial charge in [-0.3, -0.25) is 0 Å². The average Bonchev–Trinajstić information content (AvgIpc) is 2.93. The third kappa shape index (κ3) is 2.69. The highest BCUT2D eigenvalue weighted by Gasteiger charge is 2.50. The molecule has 120 valence electrons. The molecule has 4 aliphatic rings. The van der Waals surface area contributed by atoms with E-state index in [1.54, 1.807) is 0 Å². The predicted molar refractivity (Wildman–Crippen MR) is 85.8 cm³/mol. The zero-order valence-electron chi connectivity index (χ0n) is 13.1. The maximum absolute atomic E-state index is 11.7. The number of nitrogens with zero attached hydrogens (tertiary/aromatic N) is 1. The first-order chi connectivity index (χ1) is 10.7. The van der Waals surface area contributed by atoms with E-state index in [1.807, 2.05) is 12.3 Å². The largest absolute Gasteiger partial charge is 0.461 e. The van der Waals surface area contributed by atoms with Crippen molar-refractivity contribution < 1.29 is 9.53 Å². The first-order valence-corrected chi connectivity index (χ1v) is 9.40. The van der Waals surface area contributed by atoms with Crippen LogP contribution in [0.15, 0.2) is 5.38 Å². The number of hydrogen-bond donors (Lipinski definition) is 1. The molecule has 4 nitrogen and oxygen atoms in total. The Kier molecular flexibility index (Phi) is 3.73. The van der Waals surface area contributed by atoms with Crippen molar-refractivity contribution in [2.45, 2.75) is 57.5 Å². The number of aromatic nitrogens is 1. The van der Waals surface area contributed by atoms with Crippen LogP contribution in [0.4, 0.5) is 0 Å². The molecule has 4 aliphatic carbocycles. The van der Waals surface area contributed by atoms with Crippen LogP contribution in [0.25, 0.3) is 0 Å². The van der Waals surface area contributed by atoms with Crippen molar-refractivity contribution in [3.05, 3.63) is 16.1 Å². The highest BCUT2D eigenvalue weighted by Crippen LogP contribution is 2.55. The number of carbonyl (C=O) groups excluding carboxylic acids is 1. The van der Waals surface area contributed by atoms with Gasteiger partial charge in [0.2, 0.25) is 5.01 Å². The molecule has 1 aromatic heterocycles. The lowest BCUT2D eigenvalue weighted by Gasteiger charge is -2.57. The van der Waals surface area contributed by atoms with Crippen molar-refractivity contribution in [1.29, 1.82) is 0 Å². The third-order valence-electron chi connectivity index (χ3n) is 5.68. The van der Waals surface area contributed by atoms with Gasteiger partial charge in [0.15, 0.2) is 0 Å². The summed E-state index contributed by atoms with van der Waals surface area (Å²) in [6.07, 6.45) is 8.41. The molecule has 0 radical (unpaired) electrons. The lowest BCUT2D eigenvalue weighted by molar-refractivity contribution is -0.0207. The topological polar surface area (TPSA) is 51.2 Å². The number of esters is 1. The van der Waals surface area contributed by atoms with Crippen LogP contribution < -0.4 is 5.32 Å². The molecule has 0 saturated heterocycles. The van der Waals surface area contributed by atoms with Gasteiger partial charge in [0.1, 0.15) is 0 Å². The lowest BCUT2D eigenvalue weighted by atomic mass is 9.53. The van der Waals surface area contributed by atoms with E-state index in [2.05, 4.69) is 10.3 Å². The number of rotatable bonds is 5. The van der Waals surface area contributed by atoms with E-state index in [4.69, 9.17) is 4.74 Å². The van der Waals surface area contributed by atoms with Crippen LogP contribution in [0.5, 0.6) is 0 Å². The predicted octanol–water partition coefficient (Wildman–Crippen LogP) is 3.38. The van der Waals surface area contributed by atoms with Crippen LogP contribution in [-0.2, 0) is 11.3 Å². The van der Waals surface area contributed by atoms with Crippen LogP contribution in [0.1, 0.15) is 60.9 Å². The van der Waals surface area contributed by atoms with Crippen LogP contribution in [0.3, 0.4) is 0 Å². The van der Waals surface area contributed by atoms with Gasteiger partial charge in [0.05, 0.1) is 12.3 Å². The summed E-state index contributed by atoms with van der Waals surface area (Å²) in [5.74, 6) is 2.55. The van der Waals surface area contributed by atoms with E-state index < -0.39 is 0 Å². The Balaban J connectivity index is 1.40. The van der Waals surface area contributed by atoms with Crippen LogP contribution >= 0.6 is 11.3 Å². The minimum atomic E-state index is -0.298. The summed E-state index contributed by atoms with van der Waals surface area (Å²) < 4.78 is 5.01. The molecule has 4 saturated carbocycles. The van der Waals surface area contributed by atoms with Gasteiger partial charge in [-0.2, -0.15) is 0 Å². The molecule has 1 heterocycles. The second kappa shape index (κ2) is 5.60. The number of hydrogen-bond acceptors (Lipinski definition) is 5. The van der Waals surface area contributed by atoms with Crippen LogP contribution in [0.2, 0.25) is 0 Å². The van der Waals surface area contributed by atoms with Gasteiger partial charge in [-0.1, -0.05) is 0 Å². The number of nitrogens with one attached hydrogen (secondary N) is 1. The SMILES string of the molecule is CCOC(=O)c1nc(CNC23CC4CC(CC(C4)C2)C3)cs1. The van der Waals surface area contributed by atoms with Gasteiger partial charge in [0.25, 0.3) is 0 Å². The Bertz CT molecular complexity index is 533. The first-order valence-electron chi connectivity index (χ1n) is 8.52. The maximum atomic E-state index is 11.7. The molecule has 5 rings (SSSR count). The molecular weight excluding hydrogens is 296 g/mol. The Morgan fingerprint density at radius 2 is 1.95 bits per heavy atom. The van der Waals surface area contributed by atoms with Crippen molar-refractivity contribution in [2.75, 3.05) is 6.61 Å². The summed E-state index contributed by atoms with van der Waals surface area (Å²) in [4.78, 5) is 16.1. The van der Waals surface area contributed by atoms with Crippen LogP contribution in [0, 0.1) is 17.8 Å². The van der Waals surface area contributed by atoms with Gasteiger partial charge >= 0.3 is 5.97 Å². The third-order valence-corrected chi connectivity index (χ3v) is 6.56.